The molecule has 0 bridgehead atoms. The van der Waals surface area contributed by atoms with Crippen molar-refractivity contribution < 1.29 is 18.3 Å². The number of hydrogen-bond acceptors (Lipinski definition) is 3. The second-order valence-electron chi connectivity index (χ2n) is 5.54. The molecule has 0 aliphatic carbocycles. The molecule has 3 aromatic rings. The van der Waals surface area contributed by atoms with Crippen LogP contribution in [0, 0.1) is 18.6 Å². The van der Waals surface area contributed by atoms with E-state index in [0.29, 0.717) is 28.0 Å². The molecule has 0 N–H and O–H groups in total. The van der Waals surface area contributed by atoms with Gasteiger partial charge in [0, 0.05) is 36.3 Å². The second kappa shape index (κ2) is 6.51. The van der Waals surface area contributed by atoms with Crippen LogP contribution in [0.15, 0.2) is 30.5 Å². The number of nitrogens with zero attached hydrogens (tertiary/aromatic N) is 3. The highest BCUT2D eigenvalue weighted by molar-refractivity contribution is 5.88. The highest BCUT2D eigenvalue weighted by Gasteiger charge is 2.16. The molecule has 2 aromatic heterocycles. The Morgan fingerprint density at radius 2 is 2.04 bits per heavy atom. The number of carbonyl (C=O) groups is 1. The molecular weight excluding hydrogens is 328 g/mol. The molecule has 0 spiro atoms. The average molecular weight is 345 g/mol. The Labute approximate surface area is 143 Å². The number of aryl methyl sites for hydroxylation is 2. The molecule has 0 aliphatic rings. The average Bonchev–Trinajstić information content (AvgIpc) is 3.06. The normalized spacial score (nSPS) is 11.6. The Hall–Kier alpha value is -2.96. The van der Waals surface area contributed by atoms with Crippen LogP contribution < -0.4 is 0 Å². The third-order valence-corrected chi connectivity index (χ3v) is 3.87. The lowest BCUT2D eigenvalue weighted by Crippen LogP contribution is -2.04. The summed E-state index contributed by atoms with van der Waals surface area (Å²) in [5.74, 6) is -1.63. The van der Waals surface area contributed by atoms with Gasteiger partial charge in [-0.3, -0.25) is 4.68 Å². The maximum Gasteiger partial charge on any atom is 0.330 e. The highest BCUT2D eigenvalue weighted by Crippen LogP contribution is 2.27. The summed E-state index contributed by atoms with van der Waals surface area (Å²) < 4.78 is 35.3. The maximum absolute atomic E-state index is 13.7. The number of esters is 1. The third kappa shape index (κ3) is 3.05. The molecule has 0 atom stereocenters. The van der Waals surface area contributed by atoms with Gasteiger partial charge in [-0.05, 0) is 32.1 Å². The van der Waals surface area contributed by atoms with Gasteiger partial charge in [-0.2, -0.15) is 5.10 Å². The lowest BCUT2D eigenvalue weighted by atomic mass is 10.2. The first-order chi connectivity index (χ1) is 11.9. The maximum atomic E-state index is 13.7. The van der Waals surface area contributed by atoms with Gasteiger partial charge in [0.1, 0.15) is 5.82 Å². The summed E-state index contributed by atoms with van der Waals surface area (Å²) in [6.45, 7) is 3.82. The number of rotatable bonds is 4. The number of ether oxygens (including phenoxy) is 1. The van der Waals surface area contributed by atoms with E-state index in [1.807, 2.05) is 0 Å². The monoisotopic (exact) mass is 345 g/mol. The van der Waals surface area contributed by atoms with E-state index in [0.717, 1.165) is 12.1 Å². The standard InChI is InChI=1S/C18H17F2N3O2/c1-4-25-17(24)6-5-13-11(2)21-22(3)18(13)23-8-7-12-9-14(19)15(20)10-16(12)23/h5-10H,4H2,1-3H3/b6-5+. The van der Waals surface area contributed by atoms with Crippen molar-refractivity contribution in [2.75, 3.05) is 6.61 Å². The van der Waals surface area contributed by atoms with Crippen LogP contribution in [-0.4, -0.2) is 26.9 Å². The van der Waals surface area contributed by atoms with Crippen LogP contribution in [-0.2, 0) is 16.6 Å². The third-order valence-electron chi connectivity index (χ3n) is 3.87. The van der Waals surface area contributed by atoms with E-state index in [4.69, 9.17) is 4.74 Å². The van der Waals surface area contributed by atoms with Crippen molar-refractivity contribution in [2.45, 2.75) is 13.8 Å². The predicted octanol–water partition coefficient (Wildman–Crippen LogP) is 3.53. The quantitative estimate of drug-likeness (QED) is 0.537. The fourth-order valence-corrected chi connectivity index (χ4v) is 2.80. The molecule has 0 radical (unpaired) electrons. The summed E-state index contributed by atoms with van der Waals surface area (Å²) in [7, 11) is 1.75. The van der Waals surface area contributed by atoms with Gasteiger partial charge in [-0.15, -0.1) is 0 Å². The van der Waals surface area contributed by atoms with Crippen LogP contribution >= 0.6 is 0 Å². The van der Waals surface area contributed by atoms with Crippen LogP contribution in [0.2, 0.25) is 0 Å². The fourth-order valence-electron chi connectivity index (χ4n) is 2.80. The lowest BCUT2D eigenvalue weighted by Gasteiger charge is -2.08. The van der Waals surface area contributed by atoms with Gasteiger partial charge in [-0.25, -0.2) is 13.6 Å². The molecule has 0 fully saturated rings. The van der Waals surface area contributed by atoms with E-state index in [-0.39, 0.29) is 6.61 Å². The number of carbonyl (C=O) groups excluding carboxylic acids is 1. The van der Waals surface area contributed by atoms with Crippen LogP contribution in [0.1, 0.15) is 18.2 Å². The predicted molar refractivity (Wildman–Crippen MR) is 90.4 cm³/mol. The van der Waals surface area contributed by atoms with Gasteiger partial charge in [0.15, 0.2) is 11.6 Å². The second-order valence-corrected chi connectivity index (χ2v) is 5.54. The molecule has 0 unspecified atom stereocenters. The lowest BCUT2D eigenvalue weighted by molar-refractivity contribution is -0.137. The number of fused-ring (bicyclic) bond motifs is 1. The Morgan fingerprint density at radius 3 is 2.76 bits per heavy atom. The first kappa shape index (κ1) is 16.9. The van der Waals surface area contributed by atoms with E-state index in [1.165, 1.54) is 6.08 Å². The van der Waals surface area contributed by atoms with Crippen LogP contribution in [0.25, 0.3) is 22.8 Å². The molecule has 130 valence electrons. The first-order valence-electron chi connectivity index (χ1n) is 7.77. The summed E-state index contributed by atoms with van der Waals surface area (Å²) in [4.78, 5) is 11.6. The van der Waals surface area contributed by atoms with Gasteiger partial charge in [0.2, 0.25) is 0 Å². The Morgan fingerprint density at radius 1 is 1.32 bits per heavy atom. The van der Waals surface area contributed by atoms with Crippen molar-refractivity contribution in [1.82, 2.24) is 14.3 Å². The van der Waals surface area contributed by atoms with Gasteiger partial charge in [-0.1, -0.05) is 0 Å². The molecule has 0 aliphatic heterocycles. The molecule has 2 heterocycles. The molecule has 0 saturated carbocycles. The van der Waals surface area contributed by atoms with Crippen molar-refractivity contribution in [2.24, 2.45) is 7.05 Å². The van der Waals surface area contributed by atoms with E-state index in [2.05, 4.69) is 5.10 Å². The minimum Gasteiger partial charge on any atom is -0.463 e. The molecular formula is C18H17F2N3O2. The van der Waals surface area contributed by atoms with Crippen molar-refractivity contribution in [1.29, 1.82) is 0 Å². The fraction of sp³-hybridized carbons (Fsp3) is 0.222. The van der Waals surface area contributed by atoms with E-state index >= 15 is 0 Å². The molecule has 0 amide bonds. The number of hydrogen-bond donors (Lipinski definition) is 0. The SMILES string of the molecule is CCOC(=O)/C=C/c1c(C)nn(C)c1-n1ccc2cc(F)c(F)cc21. The minimum atomic E-state index is -0.921. The first-order valence-corrected chi connectivity index (χ1v) is 7.77. The summed E-state index contributed by atoms with van der Waals surface area (Å²) in [5, 5.41) is 4.93. The molecule has 25 heavy (non-hydrogen) atoms. The topological polar surface area (TPSA) is 49.0 Å². The highest BCUT2D eigenvalue weighted by atomic mass is 19.2. The Kier molecular flexibility index (Phi) is 4.39. The van der Waals surface area contributed by atoms with Gasteiger partial charge >= 0.3 is 5.97 Å². The number of halogens is 2. The van der Waals surface area contributed by atoms with E-state index < -0.39 is 17.6 Å². The van der Waals surface area contributed by atoms with Gasteiger partial charge in [0.05, 0.1) is 17.8 Å². The van der Waals surface area contributed by atoms with Crippen molar-refractivity contribution in [3.05, 3.63) is 53.4 Å². The zero-order chi connectivity index (χ0) is 18.1. The van der Waals surface area contributed by atoms with Crippen LogP contribution in [0.5, 0.6) is 0 Å². The van der Waals surface area contributed by atoms with Crippen LogP contribution in [0.4, 0.5) is 8.78 Å². The zero-order valence-electron chi connectivity index (χ0n) is 14.1. The largest absolute Gasteiger partial charge is 0.463 e. The minimum absolute atomic E-state index is 0.287. The molecule has 7 heteroatoms. The molecule has 0 saturated heterocycles. The van der Waals surface area contributed by atoms with Crippen molar-refractivity contribution in [3.8, 4) is 5.82 Å². The van der Waals surface area contributed by atoms with Gasteiger partial charge in [0.25, 0.3) is 0 Å². The van der Waals surface area contributed by atoms with Gasteiger partial charge < -0.3 is 9.30 Å². The summed E-state index contributed by atoms with van der Waals surface area (Å²) >= 11 is 0. The number of aromatic nitrogens is 3. The van der Waals surface area contributed by atoms with E-state index in [9.17, 15) is 13.6 Å². The Bertz CT molecular complexity index is 986. The number of benzene rings is 1. The smallest absolute Gasteiger partial charge is 0.330 e. The summed E-state index contributed by atoms with van der Waals surface area (Å²) in [6, 6.07) is 3.99. The van der Waals surface area contributed by atoms with E-state index in [1.54, 1.807) is 48.5 Å². The molecule has 1 aromatic carbocycles. The summed E-state index contributed by atoms with van der Waals surface area (Å²) in [5.41, 5.74) is 1.90. The van der Waals surface area contributed by atoms with Crippen LogP contribution in [0.3, 0.4) is 0 Å². The molecule has 5 nitrogen and oxygen atoms in total. The summed E-state index contributed by atoms with van der Waals surface area (Å²) in [6.07, 6.45) is 4.64. The zero-order valence-corrected chi connectivity index (χ0v) is 14.1. The van der Waals surface area contributed by atoms with Crippen molar-refractivity contribution >= 4 is 22.9 Å². The Balaban J connectivity index is 2.15. The molecule has 3 rings (SSSR count). The van der Waals surface area contributed by atoms with Crippen molar-refractivity contribution in [3.63, 3.8) is 0 Å².